The van der Waals surface area contributed by atoms with Gasteiger partial charge in [0.2, 0.25) is 0 Å². The predicted molar refractivity (Wildman–Crippen MR) is 68.3 cm³/mol. The van der Waals surface area contributed by atoms with Crippen LogP contribution in [0.5, 0.6) is 0 Å². The summed E-state index contributed by atoms with van der Waals surface area (Å²) in [5.41, 5.74) is 0. The summed E-state index contributed by atoms with van der Waals surface area (Å²) >= 11 is 1.94. The molecule has 14 heavy (non-hydrogen) atoms. The van der Waals surface area contributed by atoms with E-state index in [1.807, 2.05) is 11.8 Å². The van der Waals surface area contributed by atoms with Crippen molar-refractivity contribution < 1.29 is 0 Å². The highest BCUT2D eigenvalue weighted by Crippen LogP contribution is 1.99. The third-order valence-electron chi connectivity index (χ3n) is 2.28. The molecule has 2 nitrogen and oxygen atoms in total. The van der Waals surface area contributed by atoms with Gasteiger partial charge >= 0.3 is 0 Å². The summed E-state index contributed by atoms with van der Waals surface area (Å²) in [6.45, 7) is 4.63. The van der Waals surface area contributed by atoms with E-state index < -0.39 is 0 Å². The van der Waals surface area contributed by atoms with E-state index in [0.717, 1.165) is 0 Å². The molecule has 0 aromatic heterocycles. The molecular formula is C11H26N2S. The molecule has 3 heteroatoms. The van der Waals surface area contributed by atoms with Gasteiger partial charge in [0.25, 0.3) is 0 Å². The van der Waals surface area contributed by atoms with Gasteiger partial charge in [0, 0.05) is 6.04 Å². The lowest BCUT2D eigenvalue weighted by molar-refractivity contribution is 0.365. The van der Waals surface area contributed by atoms with Crippen molar-refractivity contribution in [3.05, 3.63) is 0 Å². The third-order valence-corrected chi connectivity index (χ3v) is 2.97. The molecule has 0 radical (unpaired) electrons. The van der Waals surface area contributed by atoms with Gasteiger partial charge < -0.3 is 10.2 Å². The summed E-state index contributed by atoms with van der Waals surface area (Å²) in [4.78, 5) is 2.24. The Hall–Kier alpha value is 0.270. The van der Waals surface area contributed by atoms with Crippen LogP contribution in [0.15, 0.2) is 0 Å². The van der Waals surface area contributed by atoms with Crippen molar-refractivity contribution >= 4 is 11.8 Å². The third kappa shape index (κ3) is 10.4. The molecule has 86 valence electrons. The Bertz CT molecular complexity index is 118. The zero-order chi connectivity index (χ0) is 10.8. The zero-order valence-corrected chi connectivity index (χ0v) is 11.0. The Kier molecular flexibility index (Phi) is 10.0. The van der Waals surface area contributed by atoms with Gasteiger partial charge in [0.1, 0.15) is 0 Å². The normalized spacial score (nSPS) is 13.5. The molecule has 1 N–H and O–H groups in total. The van der Waals surface area contributed by atoms with Gasteiger partial charge in [-0.1, -0.05) is 0 Å². The Morgan fingerprint density at radius 2 is 2.00 bits per heavy atom. The molecule has 0 aliphatic heterocycles. The van der Waals surface area contributed by atoms with Crippen LogP contribution in [-0.4, -0.2) is 50.1 Å². The lowest BCUT2D eigenvalue weighted by atomic mass is 10.2. The standard InChI is InChI=1S/C11H26N2S/c1-11(7-9-13(2)3)12-8-5-6-10-14-4/h11-12H,5-10H2,1-4H3. The maximum atomic E-state index is 3.56. The first-order chi connectivity index (χ1) is 6.66. The van der Waals surface area contributed by atoms with E-state index in [9.17, 15) is 0 Å². The van der Waals surface area contributed by atoms with Gasteiger partial charge in [-0.25, -0.2) is 0 Å². The number of rotatable bonds is 9. The highest BCUT2D eigenvalue weighted by atomic mass is 32.2. The van der Waals surface area contributed by atoms with Crippen LogP contribution < -0.4 is 5.32 Å². The fraction of sp³-hybridized carbons (Fsp3) is 1.00. The molecule has 0 spiro atoms. The number of hydrogen-bond acceptors (Lipinski definition) is 3. The predicted octanol–water partition coefficient (Wildman–Crippen LogP) is 2.06. The fourth-order valence-corrected chi connectivity index (χ4v) is 1.77. The van der Waals surface area contributed by atoms with Gasteiger partial charge in [-0.3, -0.25) is 0 Å². The Balaban J connectivity index is 3.14. The molecule has 0 fully saturated rings. The summed E-state index contributed by atoms with van der Waals surface area (Å²) in [5, 5.41) is 3.56. The van der Waals surface area contributed by atoms with Gasteiger partial charge in [0.05, 0.1) is 0 Å². The minimum Gasteiger partial charge on any atom is -0.314 e. The van der Waals surface area contributed by atoms with Gasteiger partial charge in [-0.05, 0) is 65.4 Å². The van der Waals surface area contributed by atoms with Gasteiger partial charge in [-0.2, -0.15) is 11.8 Å². The maximum Gasteiger partial charge on any atom is 0.00508 e. The number of nitrogens with zero attached hydrogens (tertiary/aromatic N) is 1. The smallest absolute Gasteiger partial charge is 0.00508 e. The van der Waals surface area contributed by atoms with E-state index in [1.165, 1.54) is 38.1 Å². The van der Waals surface area contributed by atoms with E-state index in [2.05, 4.69) is 37.5 Å². The van der Waals surface area contributed by atoms with Crippen molar-refractivity contribution in [2.75, 3.05) is 39.2 Å². The SMILES string of the molecule is CSCCCCNC(C)CCN(C)C. The first-order valence-electron chi connectivity index (χ1n) is 5.54. The van der Waals surface area contributed by atoms with Gasteiger partial charge in [0.15, 0.2) is 0 Å². The largest absolute Gasteiger partial charge is 0.314 e. The van der Waals surface area contributed by atoms with E-state index in [1.54, 1.807) is 0 Å². The number of unbranched alkanes of at least 4 members (excludes halogenated alkanes) is 1. The maximum absolute atomic E-state index is 3.56. The molecule has 0 aliphatic carbocycles. The molecule has 0 aromatic rings. The van der Waals surface area contributed by atoms with E-state index in [4.69, 9.17) is 0 Å². The molecular weight excluding hydrogens is 192 g/mol. The number of hydrogen-bond donors (Lipinski definition) is 1. The van der Waals surface area contributed by atoms with Crippen LogP contribution in [0, 0.1) is 0 Å². The zero-order valence-electron chi connectivity index (χ0n) is 10.2. The van der Waals surface area contributed by atoms with Crippen LogP contribution in [0.25, 0.3) is 0 Å². The Labute approximate surface area is 93.8 Å². The van der Waals surface area contributed by atoms with Crippen LogP contribution in [0.2, 0.25) is 0 Å². The second-order valence-corrected chi connectivity index (χ2v) is 5.13. The molecule has 1 atom stereocenters. The molecule has 0 aromatic carbocycles. The van der Waals surface area contributed by atoms with E-state index >= 15 is 0 Å². The lowest BCUT2D eigenvalue weighted by Crippen LogP contribution is -2.30. The second-order valence-electron chi connectivity index (χ2n) is 4.15. The summed E-state index contributed by atoms with van der Waals surface area (Å²) in [7, 11) is 4.26. The van der Waals surface area contributed by atoms with Crippen LogP contribution >= 0.6 is 11.8 Å². The van der Waals surface area contributed by atoms with Crippen molar-refractivity contribution in [1.82, 2.24) is 10.2 Å². The minimum absolute atomic E-state index is 0.659. The lowest BCUT2D eigenvalue weighted by Gasteiger charge is -2.16. The Morgan fingerprint density at radius 3 is 2.57 bits per heavy atom. The number of nitrogens with one attached hydrogen (secondary N) is 1. The second kappa shape index (κ2) is 9.81. The number of thioether (sulfide) groups is 1. The molecule has 1 unspecified atom stereocenters. The monoisotopic (exact) mass is 218 g/mol. The molecule has 0 saturated carbocycles. The first kappa shape index (κ1) is 14.3. The van der Waals surface area contributed by atoms with E-state index in [0.29, 0.717) is 6.04 Å². The average molecular weight is 218 g/mol. The van der Waals surface area contributed by atoms with Crippen molar-refractivity contribution in [3.63, 3.8) is 0 Å². The molecule has 0 aliphatic rings. The molecule has 0 amide bonds. The topological polar surface area (TPSA) is 15.3 Å². The molecule has 0 bridgehead atoms. The van der Waals surface area contributed by atoms with Crippen LogP contribution in [0.3, 0.4) is 0 Å². The highest BCUT2D eigenvalue weighted by Gasteiger charge is 2.00. The van der Waals surface area contributed by atoms with Gasteiger partial charge in [-0.15, -0.1) is 0 Å². The summed E-state index contributed by atoms with van der Waals surface area (Å²) < 4.78 is 0. The fourth-order valence-electron chi connectivity index (χ4n) is 1.27. The van der Waals surface area contributed by atoms with Crippen molar-refractivity contribution in [2.45, 2.75) is 32.2 Å². The van der Waals surface area contributed by atoms with Crippen molar-refractivity contribution in [3.8, 4) is 0 Å². The Morgan fingerprint density at radius 1 is 1.29 bits per heavy atom. The molecule has 0 heterocycles. The van der Waals surface area contributed by atoms with Crippen LogP contribution in [0.4, 0.5) is 0 Å². The molecule has 0 rings (SSSR count). The van der Waals surface area contributed by atoms with E-state index in [-0.39, 0.29) is 0 Å². The van der Waals surface area contributed by atoms with Crippen molar-refractivity contribution in [2.24, 2.45) is 0 Å². The summed E-state index contributed by atoms with van der Waals surface area (Å²) in [6, 6.07) is 0.659. The quantitative estimate of drug-likeness (QED) is 0.596. The first-order valence-corrected chi connectivity index (χ1v) is 6.93. The summed E-state index contributed by atoms with van der Waals surface area (Å²) in [6.07, 6.45) is 6.07. The minimum atomic E-state index is 0.659. The van der Waals surface area contributed by atoms with Crippen molar-refractivity contribution in [1.29, 1.82) is 0 Å². The molecule has 0 saturated heterocycles. The average Bonchev–Trinajstić information content (AvgIpc) is 2.14. The van der Waals surface area contributed by atoms with Crippen LogP contribution in [-0.2, 0) is 0 Å². The highest BCUT2D eigenvalue weighted by molar-refractivity contribution is 7.98. The van der Waals surface area contributed by atoms with Crippen LogP contribution in [0.1, 0.15) is 26.2 Å². The summed E-state index contributed by atoms with van der Waals surface area (Å²) in [5.74, 6) is 1.30.